The number of phenols is 1. The van der Waals surface area contributed by atoms with Gasteiger partial charge in [-0.15, -0.1) is 0 Å². The van der Waals surface area contributed by atoms with Crippen LogP contribution in [0, 0.1) is 11.8 Å². The van der Waals surface area contributed by atoms with Gasteiger partial charge in [0.1, 0.15) is 48.0 Å². The maximum Gasteiger partial charge on any atom is 0.326 e. The van der Waals surface area contributed by atoms with Crippen molar-refractivity contribution in [2.24, 2.45) is 23.3 Å². The zero-order valence-electron chi connectivity index (χ0n) is 44.0. The minimum absolute atomic E-state index is 0.00192. The Labute approximate surface area is 446 Å². The van der Waals surface area contributed by atoms with Crippen molar-refractivity contribution in [2.45, 2.75) is 153 Å². The molecule has 0 aromatic heterocycles. The lowest BCUT2D eigenvalue weighted by atomic mass is 10.0. The number of amides is 8. The number of likely N-dealkylation sites (tertiary alicyclic amines) is 1. The molecule has 77 heavy (non-hydrogen) atoms. The van der Waals surface area contributed by atoms with E-state index in [9.17, 15) is 73.2 Å². The van der Waals surface area contributed by atoms with E-state index in [0.717, 1.165) is 4.90 Å². The number of carbonyl (C=O) groups is 11. The Morgan fingerprint density at radius 2 is 1.13 bits per heavy atom. The number of aliphatic carboxylic acids is 3. The maximum atomic E-state index is 14.0. The second kappa shape index (κ2) is 32.0. The third-order valence-corrected chi connectivity index (χ3v) is 12.5. The van der Waals surface area contributed by atoms with Gasteiger partial charge in [0.05, 0.1) is 19.0 Å². The van der Waals surface area contributed by atoms with Gasteiger partial charge in [-0.1, -0.05) is 70.2 Å². The molecule has 3 rings (SSSR count). The summed E-state index contributed by atoms with van der Waals surface area (Å²) in [5, 5.41) is 56.0. The van der Waals surface area contributed by atoms with Crippen LogP contribution in [0.1, 0.15) is 103 Å². The average molecular weight is 1080 g/mol. The lowest BCUT2D eigenvalue weighted by molar-refractivity contribution is -0.143. The van der Waals surface area contributed by atoms with E-state index in [2.05, 4.69) is 37.2 Å². The van der Waals surface area contributed by atoms with Crippen LogP contribution in [0.2, 0.25) is 0 Å². The minimum atomic E-state index is -1.87. The highest BCUT2D eigenvalue weighted by Gasteiger charge is 2.38. The summed E-state index contributed by atoms with van der Waals surface area (Å²) < 4.78 is 0. The minimum Gasteiger partial charge on any atom is -0.508 e. The van der Waals surface area contributed by atoms with Crippen molar-refractivity contribution in [1.29, 1.82) is 0 Å². The largest absolute Gasteiger partial charge is 0.508 e. The van der Waals surface area contributed by atoms with Crippen LogP contribution >= 0.6 is 0 Å². The van der Waals surface area contributed by atoms with Crippen LogP contribution in [0.25, 0.3) is 0 Å². The Hall–Kier alpha value is -7.67. The molecule has 1 heterocycles. The van der Waals surface area contributed by atoms with E-state index in [0.29, 0.717) is 30.4 Å². The Morgan fingerprint density at radius 1 is 0.597 bits per heavy atom. The molecule has 25 heteroatoms. The number of benzene rings is 2. The van der Waals surface area contributed by atoms with E-state index in [4.69, 9.17) is 11.5 Å². The number of unbranched alkanes of at least 4 members (excludes halogenated alkanes) is 1. The lowest BCUT2D eigenvalue weighted by Gasteiger charge is -2.28. The molecule has 0 aliphatic carbocycles. The van der Waals surface area contributed by atoms with Gasteiger partial charge in [0.25, 0.3) is 0 Å². The van der Waals surface area contributed by atoms with Gasteiger partial charge in [0, 0.05) is 19.4 Å². The Bertz CT molecular complexity index is 2350. The van der Waals surface area contributed by atoms with Gasteiger partial charge in [0.15, 0.2) is 0 Å². The molecule has 1 aliphatic heterocycles. The van der Waals surface area contributed by atoms with Crippen LogP contribution in [0.5, 0.6) is 5.75 Å². The van der Waals surface area contributed by atoms with Crippen molar-refractivity contribution in [2.75, 3.05) is 19.6 Å². The second-order valence-corrected chi connectivity index (χ2v) is 19.9. The molecule has 2 aromatic carbocycles. The normalized spacial score (nSPS) is 15.8. The number of nitrogens with zero attached hydrogens (tertiary/aromatic N) is 1. The summed E-state index contributed by atoms with van der Waals surface area (Å²) >= 11 is 0. The summed E-state index contributed by atoms with van der Waals surface area (Å²) in [6, 6.07) is 3.77. The number of nitrogens with one attached hydrogen (secondary N) is 7. The summed E-state index contributed by atoms with van der Waals surface area (Å²) in [7, 11) is 0. The van der Waals surface area contributed by atoms with Crippen molar-refractivity contribution in [3.8, 4) is 5.75 Å². The lowest BCUT2D eigenvalue weighted by Crippen LogP contribution is -2.59. The standard InChI is InChI=1S/C52H76N10O15/c1-29(2)23-37(58-45(69)34(54)25-32-15-17-33(63)18-16-32)49(73)56-36(19-20-43(65)66)48(72)60-39(27-44(67)68)46(70)55-28-42(64)62-22-10-14-41(62)51(75)57-35(13-8-9-21-53)47(71)59-38(26-31-11-6-5-7-12-31)50(74)61-40(52(76)77)24-30(3)4/h5-7,11-12,15-18,29-30,34-41,63H,8-10,13-14,19-28,53-54H2,1-4H3,(H,55,70)(H,56,73)(H,57,75)(H,58,69)(H,59,71)(H,60,72)(H,61,74)(H,65,66)(H,67,68)(H,76,77). The Balaban J connectivity index is 1.75. The number of hydrogen-bond acceptors (Lipinski definition) is 14. The molecule has 0 spiro atoms. The third kappa shape index (κ3) is 22.6. The first-order valence-corrected chi connectivity index (χ1v) is 25.7. The molecule has 424 valence electrons. The summed E-state index contributed by atoms with van der Waals surface area (Å²) in [6.45, 7) is 6.62. The maximum absolute atomic E-state index is 14.0. The van der Waals surface area contributed by atoms with Crippen LogP contribution in [0.4, 0.5) is 0 Å². The van der Waals surface area contributed by atoms with Crippen LogP contribution in [-0.4, -0.2) is 158 Å². The fraction of sp³-hybridized carbons (Fsp3) is 0.558. The number of phenolic OH excluding ortho intramolecular Hbond substituents is 1. The monoisotopic (exact) mass is 1080 g/mol. The van der Waals surface area contributed by atoms with E-state index in [1.165, 1.54) is 12.1 Å². The van der Waals surface area contributed by atoms with Crippen molar-refractivity contribution >= 4 is 65.2 Å². The molecule has 1 fully saturated rings. The Morgan fingerprint density at radius 3 is 1.71 bits per heavy atom. The topological polar surface area (TPSA) is 408 Å². The van der Waals surface area contributed by atoms with Crippen molar-refractivity contribution in [3.05, 3.63) is 65.7 Å². The number of nitrogens with two attached hydrogens (primary N) is 2. The fourth-order valence-electron chi connectivity index (χ4n) is 8.48. The fourth-order valence-corrected chi connectivity index (χ4v) is 8.48. The summed E-state index contributed by atoms with van der Waals surface area (Å²) in [4.78, 5) is 146. The highest BCUT2D eigenvalue weighted by atomic mass is 16.4. The van der Waals surface area contributed by atoms with Gasteiger partial charge in [-0.3, -0.25) is 47.9 Å². The summed E-state index contributed by atoms with van der Waals surface area (Å²) in [5.41, 5.74) is 13.1. The van der Waals surface area contributed by atoms with E-state index < -0.39 is 139 Å². The molecule has 8 unspecified atom stereocenters. The number of carboxylic acid groups (broad SMARTS) is 3. The van der Waals surface area contributed by atoms with Gasteiger partial charge in [0.2, 0.25) is 47.3 Å². The van der Waals surface area contributed by atoms with Crippen molar-refractivity contribution < 1.29 is 73.2 Å². The molecular weight excluding hydrogens is 1000 g/mol. The first-order chi connectivity index (χ1) is 36.4. The molecule has 2 aromatic rings. The molecule has 0 bridgehead atoms. The van der Waals surface area contributed by atoms with E-state index in [-0.39, 0.29) is 69.2 Å². The first-order valence-electron chi connectivity index (χ1n) is 25.7. The van der Waals surface area contributed by atoms with Crippen LogP contribution in [0.3, 0.4) is 0 Å². The molecule has 8 amide bonds. The molecule has 15 N–H and O–H groups in total. The van der Waals surface area contributed by atoms with E-state index in [1.807, 2.05) is 0 Å². The van der Waals surface area contributed by atoms with Gasteiger partial charge in [-0.2, -0.15) is 0 Å². The first kappa shape index (κ1) is 63.6. The third-order valence-electron chi connectivity index (χ3n) is 12.5. The number of hydrogen-bond donors (Lipinski definition) is 13. The van der Waals surface area contributed by atoms with Gasteiger partial charge < -0.3 is 74.0 Å². The number of rotatable bonds is 33. The molecular formula is C52H76N10O15. The van der Waals surface area contributed by atoms with Crippen LogP contribution < -0.4 is 48.7 Å². The van der Waals surface area contributed by atoms with E-state index in [1.54, 1.807) is 70.2 Å². The molecule has 0 saturated carbocycles. The molecule has 1 aliphatic rings. The zero-order valence-corrected chi connectivity index (χ0v) is 44.0. The average Bonchev–Trinajstić information content (AvgIpc) is 3.87. The van der Waals surface area contributed by atoms with Gasteiger partial charge in [-0.05, 0) is 99.4 Å². The van der Waals surface area contributed by atoms with Crippen LogP contribution in [0.15, 0.2) is 54.6 Å². The van der Waals surface area contributed by atoms with Crippen molar-refractivity contribution in [1.82, 2.24) is 42.1 Å². The highest BCUT2D eigenvalue weighted by Crippen LogP contribution is 2.19. The number of carbonyl (C=O) groups excluding carboxylic acids is 8. The second-order valence-electron chi connectivity index (χ2n) is 19.9. The molecule has 0 radical (unpaired) electrons. The predicted molar refractivity (Wildman–Crippen MR) is 278 cm³/mol. The molecule has 1 saturated heterocycles. The highest BCUT2D eigenvalue weighted by molar-refractivity contribution is 5.98. The Kier molecular flexibility index (Phi) is 26.5. The quantitative estimate of drug-likeness (QED) is 0.0388. The van der Waals surface area contributed by atoms with Crippen molar-refractivity contribution in [3.63, 3.8) is 0 Å². The van der Waals surface area contributed by atoms with E-state index >= 15 is 0 Å². The zero-order chi connectivity index (χ0) is 57.4. The smallest absolute Gasteiger partial charge is 0.326 e. The van der Waals surface area contributed by atoms with Gasteiger partial charge in [-0.25, -0.2) is 4.79 Å². The SMILES string of the molecule is CC(C)CC(NC(=O)C(Cc1ccccc1)NC(=O)C(CCCCN)NC(=O)C1CCCN1C(=O)CNC(=O)C(CC(=O)O)NC(=O)C(CCC(=O)O)NC(=O)C(CC(C)C)NC(=O)C(N)Cc1ccc(O)cc1)C(=O)O. The number of aromatic hydroxyl groups is 1. The summed E-state index contributed by atoms with van der Waals surface area (Å²) in [5.74, 6) is -11.5. The molecule has 8 atom stereocenters. The van der Waals surface area contributed by atoms with Crippen LogP contribution in [-0.2, 0) is 65.6 Å². The summed E-state index contributed by atoms with van der Waals surface area (Å²) in [6.07, 6.45) is -0.650. The van der Waals surface area contributed by atoms with Gasteiger partial charge >= 0.3 is 17.9 Å². The number of carboxylic acids is 3. The predicted octanol–water partition coefficient (Wildman–Crippen LogP) is -0.834. The molecule has 25 nitrogen and oxygen atoms in total.